The Morgan fingerprint density at radius 1 is 0.644 bits per heavy atom. The number of hydrogen-bond donors (Lipinski definition) is 1. The molecule has 2 aliphatic heterocycles. The predicted octanol–water partition coefficient (Wildman–Crippen LogP) is 5.51. The van der Waals surface area contributed by atoms with Crippen LogP contribution in [0.5, 0.6) is 0 Å². The Morgan fingerprint density at radius 2 is 1.07 bits per heavy atom. The molecule has 2 saturated heterocycles. The van der Waals surface area contributed by atoms with Crippen molar-refractivity contribution in [3.05, 3.63) is 102 Å². The lowest BCUT2D eigenvalue weighted by Gasteiger charge is -2.34. The summed E-state index contributed by atoms with van der Waals surface area (Å²) in [5, 5.41) is 13.2. The van der Waals surface area contributed by atoms with Gasteiger partial charge in [-0.25, -0.2) is 0 Å². The minimum absolute atomic E-state index is 0. The Kier molecular flexibility index (Phi) is 13.3. The second-order valence-corrected chi connectivity index (χ2v) is 11.7. The molecule has 4 aromatic rings. The van der Waals surface area contributed by atoms with Crippen LogP contribution in [-0.2, 0) is 0 Å². The van der Waals surface area contributed by atoms with Crippen LogP contribution in [0.15, 0.2) is 70.5 Å². The number of anilines is 2. The highest BCUT2D eigenvalue weighted by molar-refractivity contribution is 6.33. The van der Waals surface area contributed by atoms with Gasteiger partial charge < -0.3 is 20.0 Å². The van der Waals surface area contributed by atoms with E-state index in [2.05, 4.69) is 37.3 Å². The lowest BCUT2D eigenvalue weighted by atomic mass is 10.3. The normalized spacial score (nSPS) is 15.0. The van der Waals surface area contributed by atoms with Crippen LogP contribution < -0.4 is 26.2 Å². The van der Waals surface area contributed by atoms with Gasteiger partial charge >= 0.3 is 0 Å². The first-order valence-electron chi connectivity index (χ1n) is 13.7. The molecule has 4 heterocycles. The van der Waals surface area contributed by atoms with Gasteiger partial charge in [0.1, 0.15) is 10.0 Å². The number of rotatable bonds is 4. The fraction of sp³-hybridized carbons (Fsp3) is 0.355. The van der Waals surface area contributed by atoms with E-state index in [1.165, 1.54) is 9.36 Å². The molecule has 2 fully saturated rings. The maximum absolute atomic E-state index is 12.5. The number of halogens is 4. The Morgan fingerprint density at radius 3 is 1.49 bits per heavy atom. The van der Waals surface area contributed by atoms with Crippen molar-refractivity contribution in [3.63, 3.8) is 0 Å². The standard InChI is InChI=1S/C15H16Cl2N4O.C14H14Cl2N4O.2CH4/c1-19-5-7-20(8-6-19)13-10-18-21(15(22)14(13)17)12-4-2-3-11(16)9-12;15-10-2-1-3-11(8-10)20-14(21)13(16)12(9-18-20)19-6-4-17-5-7-19;;/h2-4,9-10H,5-8H2,1H3;1-3,8-9,17H,4-7H2;2*1H4. The molecule has 1 N–H and O–H groups in total. The summed E-state index contributed by atoms with van der Waals surface area (Å²) in [4.78, 5) is 31.3. The van der Waals surface area contributed by atoms with Gasteiger partial charge in [-0.15, -0.1) is 0 Å². The van der Waals surface area contributed by atoms with Gasteiger partial charge in [0, 0.05) is 62.4 Å². The molecule has 0 radical (unpaired) electrons. The summed E-state index contributed by atoms with van der Waals surface area (Å²) >= 11 is 24.5. The molecule has 45 heavy (non-hydrogen) atoms. The molecule has 2 aromatic heterocycles. The van der Waals surface area contributed by atoms with E-state index in [0.717, 1.165) is 52.4 Å². The number of benzene rings is 2. The van der Waals surface area contributed by atoms with Crippen molar-refractivity contribution in [1.29, 1.82) is 0 Å². The molecular formula is C31H38Cl4N8O2. The summed E-state index contributed by atoms with van der Waals surface area (Å²) in [5.74, 6) is 0. The van der Waals surface area contributed by atoms with Gasteiger partial charge in [0.25, 0.3) is 11.1 Å². The van der Waals surface area contributed by atoms with Crippen molar-refractivity contribution in [3.8, 4) is 11.4 Å². The van der Waals surface area contributed by atoms with Crippen molar-refractivity contribution in [2.75, 3.05) is 69.2 Å². The minimum atomic E-state index is -0.338. The number of nitrogens with one attached hydrogen (secondary N) is 1. The average molecular weight is 697 g/mol. The zero-order valence-electron chi connectivity index (χ0n) is 23.4. The topological polar surface area (TPSA) is 91.5 Å². The van der Waals surface area contributed by atoms with Crippen molar-refractivity contribution in [1.82, 2.24) is 29.8 Å². The molecule has 14 heteroatoms. The van der Waals surface area contributed by atoms with Crippen molar-refractivity contribution in [2.45, 2.75) is 14.9 Å². The zero-order chi connectivity index (χ0) is 30.5. The zero-order valence-corrected chi connectivity index (χ0v) is 26.4. The summed E-state index contributed by atoms with van der Waals surface area (Å²) < 4.78 is 2.54. The van der Waals surface area contributed by atoms with E-state index in [4.69, 9.17) is 46.4 Å². The third-order valence-electron chi connectivity index (χ3n) is 7.21. The summed E-state index contributed by atoms with van der Waals surface area (Å²) in [6, 6.07) is 13.9. The van der Waals surface area contributed by atoms with Gasteiger partial charge in [0.05, 0.1) is 35.1 Å². The average Bonchev–Trinajstić information content (AvgIpc) is 3.01. The van der Waals surface area contributed by atoms with Crippen LogP contribution in [-0.4, -0.2) is 83.9 Å². The highest BCUT2D eigenvalue weighted by atomic mass is 35.5. The number of piperazine rings is 2. The number of aromatic nitrogens is 4. The first-order chi connectivity index (χ1) is 20.7. The molecule has 0 saturated carbocycles. The molecule has 0 bridgehead atoms. The van der Waals surface area contributed by atoms with Crippen molar-refractivity contribution >= 4 is 57.8 Å². The molecule has 6 rings (SSSR count). The Hall–Kier alpha value is -3.12. The second kappa shape index (κ2) is 16.4. The Bertz CT molecular complexity index is 1700. The van der Waals surface area contributed by atoms with E-state index in [-0.39, 0.29) is 36.0 Å². The number of hydrogen-bond acceptors (Lipinski definition) is 8. The molecule has 0 spiro atoms. The van der Waals surface area contributed by atoms with E-state index in [1.807, 2.05) is 0 Å². The summed E-state index contributed by atoms with van der Waals surface area (Å²) in [7, 11) is 2.08. The van der Waals surface area contributed by atoms with E-state index in [1.54, 1.807) is 60.9 Å². The first kappa shape index (κ1) is 36.3. The molecule has 0 aliphatic carbocycles. The monoisotopic (exact) mass is 694 g/mol. The van der Waals surface area contributed by atoms with Gasteiger partial charge in [-0.05, 0) is 43.4 Å². The lowest BCUT2D eigenvalue weighted by molar-refractivity contribution is 0.312. The maximum Gasteiger partial charge on any atom is 0.292 e. The van der Waals surface area contributed by atoms with Crippen LogP contribution in [0.2, 0.25) is 20.1 Å². The summed E-state index contributed by atoms with van der Waals surface area (Å²) in [6.07, 6.45) is 3.28. The molecule has 0 amide bonds. The number of likely N-dealkylation sites (N-methyl/N-ethyl adjacent to an activating group) is 1. The fourth-order valence-corrected chi connectivity index (χ4v) is 5.69. The van der Waals surface area contributed by atoms with Gasteiger partial charge in [0.2, 0.25) is 0 Å². The molecular weight excluding hydrogens is 658 g/mol. The molecule has 242 valence electrons. The SMILES string of the molecule is C.C.CN1CCN(c2cnn(-c3cccc(Cl)c3)c(=O)c2Cl)CC1.O=c1c(Cl)c(N2CCNCC2)cnn1-c1cccc(Cl)c1. The van der Waals surface area contributed by atoms with E-state index >= 15 is 0 Å². The van der Waals surface area contributed by atoms with Gasteiger partial charge in [-0.1, -0.05) is 73.4 Å². The largest absolute Gasteiger partial charge is 0.366 e. The first-order valence-corrected chi connectivity index (χ1v) is 15.2. The minimum Gasteiger partial charge on any atom is -0.366 e. The smallest absolute Gasteiger partial charge is 0.292 e. The van der Waals surface area contributed by atoms with Gasteiger partial charge in [0.15, 0.2) is 0 Å². The molecule has 0 atom stereocenters. The molecule has 10 nitrogen and oxygen atoms in total. The maximum atomic E-state index is 12.5. The summed E-state index contributed by atoms with van der Waals surface area (Å²) in [5.41, 5.74) is 1.90. The van der Waals surface area contributed by atoms with E-state index < -0.39 is 0 Å². The molecule has 2 aliphatic rings. The predicted molar refractivity (Wildman–Crippen MR) is 188 cm³/mol. The third-order valence-corrected chi connectivity index (χ3v) is 8.39. The van der Waals surface area contributed by atoms with Crippen LogP contribution >= 0.6 is 46.4 Å². The third kappa shape index (κ3) is 8.58. The van der Waals surface area contributed by atoms with Crippen LogP contribution in [0.3, 0.4) is 0 Å². The van der Waals surface area contributed by atoms with E-state index in [9.17, 15) is 9.59 Å². The highest BCUT2D eigenvalue weighted by Crippen LogP contribution is 2.24. The van der Waals surface area contributed by atoms with Crippen LogP contribution in [0.1, 0.15) is 14.9 Å². The van der Waals surface area contributed by atoms with Crippen LogP contribution in [0, 0.1) is 0 Å². The van der Waals surface area contributed by atoms with E-state index in [0.29, 0.717) is 32.8 Å². The fourth-order valence-electron chi connectivity index (χ4n) is 4.83. The Labute approximate surface area is 283 Å². The lowest BCUT2D eigenvalue weighted by Crippen LogP contribution is -2.45. The van der Waals surface area contributed by atoms with Crippen LogP contribution in [0.4, 0.5) is 11.4 Å². The molecule has 0 unspecified atom stereocenters. The van der Waals surface area contributed by atoms with Crippen molar-refractivity contribution < 1.29 is 0 Å². The summed E-state index contributed by atoms with van der Waals surface area (Å²) in [6.45, 7) is 6.89. The van der Waals surface area contributed by atoms with Gasteiger partial charge in [-0.3, -0.25) is 9.59 Å². The second-order valence-electron chi connectivity index (χ2n) is 10.1. The highest BCUT2D eigenvalue weighted by Gasteiger charge is 2.20. The van der Waals surface area contributed by atoms with Crippen molar-refractivity contribution in [2.24, 2.45) is 0 Å². The van der Waals surface area contributed by atoms with Crippen LogP contribution in [0.25, 0.3) is 11.4 Å². The Balaban J connectivity index is 0.000000235. The number of nitrogens with zero attached hydrogens (tertiary/aromatic N) is 7. The quantitative estimate of drug-likeness (QED) is 0.299. The molecule has 2 aromatic carbocycles. The van der Waals surface area contributed by atoms with Gasteiger partial charge in [-0.2, -0.15) is 19.6 Å².